The summed E-state index contributed by atoms with van der Waals surface area (Å²) in [6, 6.07) is 3.39. The van der Waals surface area contributed by atoms with Gasteiger partial charge in [-0.2, -0.15) is 0 Å². The van der Waals surface area contributed by atoms with E-state index in [1.807, 2.05) is 26.8 Å². The lowest BCUT2D eigenvalue weighted by Crippen LogP contribution is -2.30. The molecule has 2 aromatic heterocycles. The topological polar surface area (TPSA) is 80.0 Å². The van der Waals surface area contributed by atoms with Crippen molar-refractivity contribution in [3.05, 3.63) is 40.9 Å². The highest BCUT2D eigenvalue weighted by Gasteiger charge is 2.09. The van der Waals surface area contributed by atoms with Gasteiger partial charge < -0.3 is 9.84 Å². The molecule has 0 atom stereocenters. The van der Waals surface area contributed by atoms with Crippen molar-refractivity contribution in [2.45, 2.75) is 27.2 Å². The Hall–Kier alpha value is -2.37. The summed E-state index contributed by atoms with van der Waals surface area (Å²) < 4.78 is 5.07. The summed E-state index contributed by atoms with van der Waals surface area (Å²) in [5, 5.41) is 9.33. The Kier molecular flexibility index (Phi) is 4.34. The van der Waals surface area contributed by atoms with Crippen molar-refractivity contribution < 1.29 is 9.32 Å². The zero-order chi connectivity index (χ0) is 14.5. The van der Waals surface area contributed by atoms with Crippen LogP contribution in [0.5, 0.6) is 0 Å². The number of amides is 2. The Labute approximate surface area is 117 Å². The average molecular weight is 274 g/mol. The number of urea groups is 1. The molecule has 2 aromatic rings. The van der Waals surface area contributed by atoms with Crippen LogP contribution in [0.2, 0.25) is 0 Å². The SMILES string of the molecule is Cc1ccc(NC(=O)NCCc2c(C)noc2C)nc1. The molecule has 0 saturated carbocycles. The third-order valence-electron chi connectivity index (χ3n) is 2.99. The number of rotatable bonds is 4. The lowest BCUT2D eigenvalue weighted by atomic mass is 10.1. The van der Waals surface area contributed by atoms with E-state index < -0.39 is 0 Å². The fourth-order valence-electron chi connectivity index (χ4n) is 1.86. The molecule has 0 aliphatic heterocycles. The van der Waals surface area contributed by atoms with Crippen LogP contribution in [0.1, 0.15) is 22.6 Å². The van der Waals surface area contributed by atoms with Crippen molar-refractivity contribution in [2.24, 2.45) is 0 Å². The quantitative estimate of drug-likeness (QED) is 0.897. The number of hydrogen-bond acceptors (Lipinski definition) is 4. The Morgan fingerprint density at radius 2 is 2.10 bits per heavy atom. The Morgan fingerprint density at radius 1 is 1.30 bits per heavy atom. The first kappa shape index (κ1) is 14.0. The summed E-state index contributed by atoms with van der Waals surface area (Å²) in [7, 11) is 0. The van der Waals surface area contributed by atoms with E-state index >= 15 is 0 Å². The number of anilines is 1. The van der Waals surface area contributed by atoms with Gasteiger partial charge in [-0.25, -0.2) is 9.78 Å². The first-order valence-electron chi connectivity index (χ1n) is 6.45. The zero-order valence-electron chi connectivity index (χ0n) is 11.9. The summed E-state index contributed by atoms with van der Waals surface area (Å²) in [4.78, 5) is 15.8. The van der Waals surface area contributed by atoms with Gasteiger partial charge in [-0.3, -0.25) is 5.32 Å². The van der Waals surface area contributed by atoms with Gasteiger partial charge in [0, 0.05) is 18.3 Å². The van der Waals surface area contributed by atoms with Crippen LogP contribution in [0.4, 0.5) is 10.6 Å². The minimum Gasteiger partial charge on any atom is -0.361 e. The Morgan fingerprint density at radius 3 is 2.70 bits per heavy atom. The van der Waals surface area contributed by atoms with E-state index in [2.05, 4.69) is 20.8 Å². The number of aromatic nitrogens is 2. The van der Waals surface area contributed by atoms with Gasteiger partial charge >= 0.3 is 6.03 Å². The van der Waals surface area contributed by atoms with Crippen LogP contribution in [0.3, 0.4) is 0 Å². The molecule has 0 aliphatic rings. The lowest BCUT2D eigenvalue weighted by Gasteiger charge is -2.07. The molecule has 2 heterocycles. The van der Waals surface area contributed by atoms with Crippen LogP contribution in [0.15, 0.2) is 22.9 Å². The van der Waals surface area contributed by atoms with E-state index in [1.165, 1.54) is 0 Å². The van der Waals surface area contributed by atoms with Crippen molar-refractivity contribution >= 4 is 11.8 Å². The zero-order valence-corrected chi connectivity index (χ0v) is 11.9. The molecule has 0 saturated heterocycles. The van der Waals surface area contributed by atoms with Gasteiger partial charge in [0.25, 0.3) is 0 Å². The number of carbonyl (C=O) groups excluding carboxylic acids is 1. The molecule has 0 spiro atoms. The van der Waals surface area contributed by atoms with Gasteiger partial charge in [0.15, 0.2) is 0 Å². The van der Waals surface area contributed by atoms with E-state index in [4.69, 9.17) is 4.52 Å². The predicted molar refractivity (Wildman–Crippen MR) is 75.7 cm³/mol. The highest BCUT2D eigenvalue weighted by molar-refractivity contribution is 5.88. The van der Waals surface area contributed by atoms with Crippen molar-refractivity contribution in [3.63, 3.8) is 0 Å². The van der Waals surface area contributed by atoms with Gasteiger partial charge in [-0.1, -0.05) is 11.2 Å². The lowest BCUT2D eigenvalue weighted by molar-refractivity contribution is 0.252. The fraction of sp³-hybridized carbons (Fsp3) is 0.357. The molecule has 106 valence electrons. The molecule has 2 rings (SSSR count). The molecule has 0 fully saturated rings. The maximum absolute atomic E-state index is 11.7. The van der Waals surface area contributed by atoms with Crippen LogP contribution in [0, 0.1) is 20.8 Å². The van der Waals surface area contributed by atoms with Crippen molar-refractivity contribution in [1.82, 2.24) is 15.5 Å². The summed E-state index contributed by atoms with van der Waals surface area (Å²) in [6.45, 7) is 6.22. The average Bonchev–Trinajstić information content (AvgIpc) is 2.73. The van der Waals surface area contributed by atoms with Gasteiger partial charge in [0.2, 0.25) is 0 Å². The van der Waals surface area contributed by atoms with E-state index in [0.717, 1.165) is 22.6 Å². The minimum absolute atomic E-state index is 0.270. The van der Waals surface area contributed by atoms with Gasteiger partial charge in [-0.05, 0) is 38.8 Å². The predicted octanol–water partition coefficient (Wildman–Crippen LogP) is 2.36. The molecule has 0 aromatic carbocycles. The third-order valence-corrected chi connectivity index (χ3v) is 2.99. The van der Waals surface area contributed by atoms with Crippen LogP contribution in [-0.4, -0.2) is 22.7 Å². The number of pyridine rings is 1. The highest BCUT2D eigenvalue weighted by atomic mass is 16.5. The van der Waals surface area contributed by atoms with Crippen LogP contribution in [-0.2, 0) is 6.42 Å². The largest absolute Gasteiger partial charge is 0.361 e. The molecular formula is C14H18N4O2. The summed E-state index contributed by atoms with van der Waals surface area (Å²) in [5.74, 6) is 1.33. The molecule has 0 aliphatic carbocycles. The minimum atomic E-state index is -0.270. The molecule has 0 radical (unpaired) electrons. The first-order valence-corrected chi connectivity index (χ1v) is 6.45. The highest BCUT2D eigenvalue weighted by Crippen LogP contribution is 2.12. The normalized spacial score (nSPS) is 10.3. The summed E-state index contributed by atoms with van der Waals surface area (Å²) in [6.07, 6.45) is 2.40. The number of nitrogens with zero attached hydrogens (tertiary/aromatic N) is 2. The number of aryl methyl sites for hydroxylation is 3. The van der Waals surface area contributed by atoms with E-state index in [0.29, 0.717) is 18.8 Å². The molecule has 6 heteroatoms. The maximum atomic E-state index is 11.7. The van der Waals surface area contributed by atoms with E-state index in [9.17, 15) is 4.79 Å². The van der Waals surface area contributed by atoms with E-state index in [-0.39, 0.29) is 6.03 Å². The Bertz CT molecular complexity index is 570. The van der Waals surface area contributed by atoms with Gasteiger partial charge in [0.05, 0.1) is 5.69 Å². The van der Waals surface area contributed by atoms with Crippen LogP contribution < -0.4 is 10.6 Å². The molecule has 0 bridgehead atoms. The fourth-order valence-corrected chi connectivity index (χ4v) is 1.86. The summed E-state index contributed by atoms with van der Waals surface area (Å²) >= 11 is 0. The van der Waals surface area contributed by atoms with Crippen molar-refractivity contribution in [1.29, 1.82) is 0 Å². The maximum Gasteiger partial charge on any atom is 0.320 e. The standard InChI is InChI=1S/C14H18N4O2/c1-9-4-5-13(16-8-9)17-14(19)15-7-6-12-10(2)18-20-11(12)3/h4-5,8H,6-7H2,1-3H3,(H2,15,16,17,19). The molecular weight excluding hydrogens is 256 g/mol. The second-order valence-corrected chi connectivity index (χ2v) is 4.65. The van der Waals surface area contributed by atoms with Crippen LogP contribution >= 0.6 is 0 Å². The van der Waals surface area contributed by atoms with Crippen LogP contribution in [0.25, 0.3) is 0 Å². The number of hydrogen-bond donors (Lipinski definition) is 2. The third kappa shape index (κ3) is 3.57. The van der Waals surface area contributed by atoms with Crippen molar-refractivity contribution in [3.8, 4) is 0 Å². The molecule has 0 unspecified atom stereocenters. The number of nitrogens with one attached hydrogen (secondary N) is 2. The second kappa shape index (κ2) is 6.18. The summed E-state index contributed by atoms with van der Waals surface area (Å²) in [5.41, 5.74) is 2.96. The van der Waals surface area contributed by atoms with E-state index in [1.54, 1.807) is 12.3 Å². The smallest absolute Gasteiger partial charge is 0.320 e. The molecule has 6 nitrogen and oxygen atoms in total. The molecule has 2 amide bonds. The second-order valence-electron chi connectivity index (χ2n) is 4.65. The monoisotopic (exact) mass is 274 g/mol. The van der Waals surface area contributed by atoms with Crippen molar-refractivity contribution in [2.75, 3.05) is 11.9 Å². The van der Waals surface area contributed by atoms with Gasteiger partial charge in [-0.15, -0.1) is 0 Å². The first-order chi connectivity index (χ1) is 9.56. The Balaban J connectivity index is 1.79. The molecule has 2 N–H and O–H groups in total. The number of carbonyl (C=O) groups is 1. The molecule has 20 heavy (non-hydrogen) atoms. The van der Waals surface area contributed by atoms with Gasteiger partial charge in [0.1, 0.15) is 11.6 Å².